The smallest absolute Gasteiger partial charge is 0.306 e. The minimum absolute atomic E-state index is 0.00298. The SMILES string of the molecule is CC(C)[C@H]1CC[C@@H](C)C[C@H]1OC(=O)CCC(=O)O[C@@H]1C[C@@H](C)CC[C@H]1C(C)C. The van der Waals surface area contributed by atoms with Gasteiger partial charge in [-0.3, -0.25) is 9.59 Å². The predicted octanol–water partition coefficient (Wildman–Crippen LogP) is 5.77. The van der Waals surface area contributed by atoms with Gasteiger partial charge in [0.15, 0.2) is 0 Å². The quantitative estimate of drug-likeness (QED) is 0.514. The second-order valence-electron chi connectivity index (χ2n) is 10.2. The van der Waals surface area contributed by atoms with Gasteiger partial charge < -0.3 is 9.47 Å². The Kier molecular flexibility index (Phi) is 8.82. The number of rotatable bonds is 7. The summed E-state index contributed by atoms with van der Waals surface area (Å²) < 4.78 is 11.6. The molecule has 2 aliphatic rings. The molecule has 2 rings (SSSR count). The molecule has 162 valence electrons. The van der Waals surface area contributed by atoms with Crippen LogP contribution >= 0.6 is 0 Å². The Balaban J connectivity index is 1.80. The van der Waals surface area contributed by atoms with Gasteiger partial charge in [-0.1, -0.05) is 54.4 Å². The van der Waals surface area contributed by atoms with Crippen LogP contribution in [0.1, 0.15) is 92.9 Å². The highest BCUT2D eigenvalue weighted by atomic mass is 16.6. The molecular weight excluding hydrogens is 352 g/mol. The summed E-state index contributed by atoms with van der Waals surface area (Å²) in [7, 11) is 0. The minimum Gasteiger partial charge on any atom is -0.462 e. The van der Waals surface area contributed by atoms with Crippen LogP contribution in [-0.2, 0) is 19.1 Å². The fourth-order valence-electron chi connectivity index (χ4n) is 5.16. The van der Waals surface area contributed by atoms with E-state index in [0.717, 1.165) is 25.7 Å². The van der Waals surface area contributed by atoms with Crippen LogP contribution in [-0.4, -0.2) is 24.1 Å². The van der Waals surface area contributed by atoms with Crippen molar-refractivity contribution < 1.29 is 19.1 Å². The average molecular weight is 395 g/mol. The van der Waals surface area contributed by atoms with E-state index in [0.29, 0.717) is 35.5 Å². The van der Waals surface area contributed by atoms with Gasteiger partial charge in [0.05, 0.1) is 12.8 Å². The van der Waals surface area contributed by atoms with Gasteiger partial charge in [-0.25, -0.2) is 0 Å². The molecule has 0 amide bonds. The van der Waals surface area contributed by atoms with Crippen LogP contribution in [0, 0.1) is 35.5 Å². The van der Waals surface area contributed by atoms with E-state index in [9.17, 15) is 9.59 Å². The molecule has 0 aromatic carbocycles. The minimum atomic E-state index is -0.251. The van der Waals surface area contributed by atoms with E-state index in [2.05, 4.69) is 41.5 Å². The topological polar surface area (TPSA) is 52.6 Å². The number of ether oxygens (including phenoxy) is 2. The highest BCUT2D eigenvalue weighted by Crippen LogP contribution is 2.36. The Morgan fingerprint density at radius 1 is 0.714 bits per heavy atom. The summed E-state index contributed by atoms with van der Waals surface area (Å²) in [6.07, 6.45) is 6.79. The van der Waals surface area contributed by atoms with Crippen LogP contribution in [0.25, 0.3) is 0 Å². The Labute approximate surface area is 172 Å². The van der Waals surface area contributed by atoms with Crippen molar-refractivity contribution in [3.05, 3.63) is 0 Å². The zero-order valence-corrected chi connectivity index (χ0v) is 18.9. The maximum atomic E-state index is 12.4. The van der Waals surface area contributed by atoms with Crippen molar-refractivity contribution in [3.8, 4) is 0 Å². The van der Waals surface area contributed by atoms with Crippen LogP contribution in [0.15, 0.2) is 0 Å². The molecule has 0 aliphatic heterocycles. The summed E-state index contributed by atoms with van der Waals surface area (Å²) in [5, 5.41) is 0. The standard InChI is InChI=1S/C24H42O4/c1-15(2)19-9-7-17(5)13-21(19)27-23(25)11-12-24(26)28-22-14-18(6)8-10-20(22)16(3)4/h15-22H,7-14H2,1-6H3/t17-,18+,19-,20+,21-,22-/m1/s1. The van der Waals surface area contributed by atoms with Crippen molar-refractivity contribution in [2.45, 2.75) is 105 Å². The van der Waals surface area contributed by atoms with E-state index in [1.54, 1.807) is 0 Å². The largest absolute Gasteiger partial charge is 0.462 e. The van der Waals surface area contributed by atoms with Gasteiger partial charge in [-0.05, 0) is 61.2 Å². The van der Waals surface area contributed by atoms with Crippen LogP contribution in [0.4, 0.5) is 0 Å². The summed E-state index contributed by atoms with van der Waals surface area (Å²) in [5.41, 5.74) is 0. The van der Waals surface area contributed by atoms with Crippen molar-refractivity contribution in [3.63, 3.8) is 0 Å². The first-order chi connectivity index (χ1) is 13.2. The normalized spacial score (nSPS) is 33.7. The summed E-state index contributed by atoms with van der Waals surface area (Å²) >= 11 is 0. The lowest BCUT2D eigenvalue weighted by Gasteiger charge is -2.37. The second kappa shape index (κ2) is 10.6. The van der Waals surface area contributed by atoms with Crippen molar-refractivity contribution in [1.29, 1.82) is 0 Å². The molecule has 4 heteroatoms. The fourth-order valence-corrected chi connectivity index (χ4v) is 5.16. The molecular formula is C24H42O4. The first kappa shape index (κ1) is 23.2. The first-order valence-electron chi connectivity index (χ1n) is 11.6. The molecule has 2 saturated carbocycles. The monoisotopic (exact) mass is 394 g/mol. The number of carbonyl (C=O) groups excluding carboxylic acids is 2. The third-order valence-electron chi connectivity index (χ3n) is 7.02. The molecule has 0 aromatic heterocycles. The molecule has 0 saturated heterocycles. The number of carbonyl (C=O) groups is 2. The number of hydrogen-bond acceptors (Lipinski definition) is 4. The van der Waals surface area contributed by atoms with E-state index in [1.807, 2.05) is 0 Å². The lowest BCUT2D eigenvalue weighted by atomic mass is 9.75. The molecule has 0 N–H and O–H groups in total. The molecule has 28 heavy (non-hydrogen) atoms. The van der Waals surface area contributed by atoms with E-state index in [1.165, 1.54) is 12.8 Å². The maximum Gasteiger partial charge on any atom is 0.306 e. The zero-order chi connectivity index (χ0) is 20.8. The molecule has 0 spiro atoms. The van der Waals surface area contributed by atoms with Crippen molar-refractivity contribution in [2.75, 3.05) is 0 Å². The van der Waals surface area contributed by atoms with Crippen molar-refractivity contribution in [1.82, 2.24) is 0 Å². The van der Waals surface area contributed by atoms with Gasteiger partial charge in [0.2, 0.25) is 0 Å². The molecule has 6 atom stereocenters. The van der Waals surface area contributed by atoms with Gasteiger partial charge in [0.25, 0.3) is 0 Å². The highest BCUT2D eigenvalue weighted by Gasteiger charge is 2.35. The molecule has 2 fully saturated rings. The fraction of sp³-hybridized carbons (Fsp3) is 0.917. The van der Waals surface area contributed by atoms with Gasteiger partial charge in [0, 0.05) is 0 Å². The van der Waals surface area contributed by atoms with Gasteiger partial charge in [0.1, 0.15) is 12.2 Å². The first-order valence-corrected chi connectivity index (χ1v) is 11.6. The van der Waals surface area contributed by atoms with Crippen molar-refractivity contribution >= 4 is 11.9 Å². The Bertz CT molecular complexity index is 467. The summed E-state index contributed by atoms with van der Waals surface area (Å²) in [6.45, 7) is 13.3. The van der Waals surface area contributed by atoms with Crippen molar-refractivity contribution in [2.24, 2.45) is 35.5 Å². The van der Waals surface area contributed by atoms with E-state index >= 15 is 0 Å². The summed E-state index contributed by atoms with van der Waals surface area (Å²) in [6, 6.07) is 0. The lowest BCUT2D eigenvalue weighted by molar-refractivity contribution is -0.163. The van der Waals surface area contributed by atoms with Crippen LogP contribution in [0.3, 0.4) is 0 Å². The van der Waals surface area contributed by atoms with E-state index in [-0.39, 0.29) is 37.0 Å². The zero-order valence-electron chi connectivity index (χ0n) is 18.9. The molecule has 0 aromatic rings. The van der Waals surface area contributed by atoms with Gasteiger partial charge in [-0.2, -0.15) is 0 Å². The van der Waals surface area contributed by atoms with Crippen LogP contribution in [0.2, 0.25) is 0 Å². The third-order valence-corrected chi connectivity index (χ3v) is 7.02. The Hall–Kier alpha value is -1.06. The third kappa shape index (κ3) is 6.77. The molecule has 4 nitrogen and oxygen atoms in total. The molecule has 0 bridgehead atoms. The van der Waals surface area contributed by atoms with Crippen LogP contribution < -0.4 is 0 Å². The van der Waals surface area contributed by atoms with Gasteiger partial charge >= 0.3 is 11.9 Å². The Morgan fingerprint density at radius 3 is 1.39 bits per heavy atom. The molecule has 0 heterocycles. The molecule has 0 unspecified atom stereocenters. The van der Waals surface area contributed by atoms with Gasteiger partial charge in [-0.15, -0.1) is 0 Å². The average Bonchev–Trinajstić information content (AvgIpc) is 2.59. The molecule has 2 aliphatic carbocycles. The number of hydrogen-bond donors (Lipinski definition) is 0. The maximum absolute atomic E-state index is 12.4. The lowest BCUT2D eigenvalue weighted by Crippen LogP contribution is -2.36. The second-order valence-corrected chi connectivity index (χ2v) is 10.2. The van der Waals surface area contributed by atoms with E-state index < -0.39 is 0 Å². The predicted molar refractivity (Wildman–Crippen MR) is 112 cm³/mol. The van der Waals surface area contributed by atoms with E-state index in [4.69, 9.17) is 9.47 Å². The van der Waals surface area contributed by atoms with Crippen LogP contribution in [0.5, 0.6) is 0 Å². The molecule has 0 radical (unpaired) electrons. The highest BCUT2D eigenvalue weighted by molar-refractivity contribution is 5.77. The summed E-state index contributed by atoms with van der Waals surface area (Å²) in [5.74, 6) is 2.58. The summed E-state index contributed by atoms with van der Waals surface area (Å²) in [4.78, 5) is 24.8. The number of esters is 2. The Morgan fingerprint density at radius 2 is 1.07 bits per heavy atom.